The number of aromatic amines is 1. The topological polar surface area (TPSA) is 190 Å². The van der Waals surface area contributed by atoms with Crippen molar-refractivity contribution in [1.29, 1.82) is 0 Å². The summed E-state index contributed by atoms with van der Waals surface area (Å²) < 4.78 is 42.6. The van der Waals surface area contributed by atoms with E-state index >= 15 is 0 Å². The number of nitrogens with zero attached hydrogens (tertiary/aromatic N) is 6. The molecule has 18 heteroatoms. The molecular weight excluding hydrogens is 846 g/mol. The van der Waals surface area contributed by atoms with Crippen molar-refractivity contribution in [1.82, 2.24) is 34.7 Å². The Labute approximate surface area is 369 Å². The van der Waals surface area contributed by atoms with E-state index in [-0.39, 0.29) is 29.4 Å². The number of fused-ring (bicyclic) bond motifs is 2. The zero-order valence-electron chi connectivity index (χ0n) is 35.0. The number of halogens is 1. The van der Waals surface area contributed by atoms with Gasteiger partial charge in [-0.1, -0.05) is 43.2 Å². The minimum Gasteiger partial charge on any atom is -0.484 e. The van der Waals surface area contributed by atoms with Gasteiger partial charge in [-0.2, -0.15) is 5.10 Å². The van der Waals surface area contributed by atoms with Crippen LogP contribution >= 0.6 is 11.6 Å². The molecule has 3 aromatic carbocycles. The molecule has 2 aliphatic heterocycles. The van der Waals surface area contributed by atoms with E-state index in [4.69, 9.17) is 26.1 Å². The monoisotopic (exact) mass is 893 g/mol. The van der Waals surface area contributed by atoms with Crippen LogP contribution in [-0.4, -0.2) is 109 Å². The molecule has 1 aliphatic carbocycles. The molecule has 3 aliphatic rings. The van der Waals surface area contributed by atoms with E-state index in [0.29, 0.717) is 42.1 Å². The van der Waals surface area contributed by atoms with Crippen LogP contribution in [0.1, 0.15) is 49.0 Å². The number of benzene rings is 3. The first-order valence-electron chi connectivity index (χ1n) is 21.0. The standard InChI is InChI=1S/C45H48ClN9O7S/c1-45(2)13-11-31(37(24-45)29-3-5-32(46)6-4-29)27-52-16-18-53(19-17-52)33-7-9-36(39(22-33)54-40-21-30-12-14-48-43(30)50-38(40)26-49-54)44(56)51-63(59,60)35-8-10-42(41(23-35)55(57)58)62-28-34-25-47-15-20-61-34/h3-10,12,14,21-23,26,34,47H,11,13,15-20,24-25,27-28H2,1-2H3,(H,48,50)(H,51,56)/t34-/m1/s1. The number of pyridine rings is 1. The van der Waals surface area contributed by atoms with Crippen molar-refractivity contribution in [2.24, 2.45) is 5.41 Å². The number of allylic oxidation sites excluding steroid dienone is 1. The fraction of sp³-hybridized carbons (Fsp3) is 0.356. The summed E-state index contributed by atoms with van der Waals surface area (Å²) in [6.45, 7) is 10.3. The van der Waals surface area contributed by atoms with Gasteiger partial charge in [0.25, 0.3) is 15.9 Å². The molecule has 1 amide bonds. The van der Waals surface area contributed by atoms with Gasteiger partial charge in [-0.3, -0.25) is 19.8 Å². The first-order chi connectivity index (χ1) is 30.3. The summed E-state index contributed by atoms with van der Waals surface area (Å²) in [7, 11) is -4.61. The van der Waals surface area contributed by atoms with Crippen molar-refractivity contribution in [3.05, 3.63) is 117 Å². The molecule has 0 bridgehead atoms. The molecule has 2 fully saturated rings. The van der Waals surface area contributed by atoms with Gasteiger partial charge in [0.05, 0.1) is 39.4 Å². The number of nitro groups is 1. The Hall–Kier alpha value is -5.85. The molecule has 63 heavy (non-hydrogen) atoms. The zero-order valence-corrected chi connectivity index (χ0v) is 36.5. The van der Waals surface area contributed by atoms with E-state index < -0.39 is 31.4 Å². The highest BCUT2D eigenvalue weighted by Gasteiger charge is 2.31. The van der Waals surface area contributed by atoms with E-state index in [0.717, 1.165) is 74.1 Å². The van der Waals surface area contributed by atoms with Gasteiger partial charge < -0.3 is 24.7 Å². The lowest BCUT2D eigenvalue weighted by Gasteiger charge is -2.39. The average Bonchev–Trinajstić information content (AvgIpc) is 3.92. The van der Waals surface area contributed by atoms with Crippen molar-refractivity contribution >= 4 is 66.5 Å². The number of H-pyrrole nitrogens is 1. The third-order valence-corrected chi connectivity index (χ3v) is 13.7. The summed E-state index contributed by atoms with van der Waals surface area (Å²) in [5.74, 6) is -1.06. The summed E-state index contributed by atoms with van der Waals surface area (Å²) in [6, 6.07) is 20.5. The molecule has 0 spiro atoms. The molecule has 9 rings (SSSR count). The maximum atomic E-state index is 14.2. The number of carbonyl (C=O) groups excluding carboxylic acids is 1. The average molecular weight is 894 g/mol. The Balaban J connectivity index is 0.976. The highest BCUT2D eigenvalue weighted by Crippen LogP contribution is 2.43. The van der Waals surface area contributed by atoms with Crippen LogP contribution in [0.15, 0.2) is 95.7 Å². The molecule has 0 unspecified atom stereocenters. The number of piperazine rings is 1. The third kappa shape index (κ3) is 9.15. The Bertz CT molecular complexity index is 2840. The number of nitrogens with one attached hydrogen (secondary N) is 3. The fourth-order valence-corrected chi connectivity index (χ4v) is 9.78. The molecule has 2 saturated heterocycles. The van der Waals surface area contributed by atoms with Crippen LogP contribution in [0, 0.1) is 15.5 Å². The number of morpholine rings is 1. The van der Waals surface area contributed by atoms with Gasteiger partial charge >= 0.3 is 5.69 Å². The maximum Gasteiger partial charge on any atom is 0.312 e. The summed E-state index contributed by atoms with van der Waals surface area (Å²) in [5.41, 5.74) is 6.82. The summed E-state index contributed by atoms with van der Waals surface area (Å²) in [5, 5.41) is 21.4. The van der Waals surface area contributed by atoms with Crippen LogP contribution in [0.25, 0.3) is 33.3 Å². The Morgan fingerprint density at radius 1 is 1.06 bits per heavy atom. The number of sulfonamides is 1. The highest BCUT2D eigenvalue weighted by atomic mass is 35.5. The van der Waals surface area contributed by atoms with Gasteiger partial charge in [0.15, 0.2) is 5.75 Å². The number of hydrogen-bond acceptors (Lipinski definition) is 12. The lowest BCUT2D eigenvalue weighted by atomic mass is 9.72. The van der Waals surface area contributed by atoms with Gasteiger partial charge in [-0.25, -0.2) is 22.8 Å². The number of amides is 1. The second kappa shape index (κ2) is 17.4. The second-order valence-corrected chi connectivity index (χ2v) is 19.2. The van der Waals surface area contributed by atoms with Crippen LogP contribution in [0.5, 0.6) is 5.75 Å². The molecule has 3 N–H and O–H groups in total. The van der Waals surface area contributed by atoms with E-state index in [1.807, 2.05) is 36.4 Å². The molecule has 3 aromatic heterocycles. The lowest BCUT2D eigenvalue weighted by Crippen LogP contribution is -2.47. The number of carbonyl (C=O) groups is 1. The van der Waals surface area contributed by atoms with Gasteiger partial charge in [0.2, 0.25) is 0 Å². The van der Waals surface area contributed by atoms with Gasteiger partial charge in [0, 0.05) is 74.2 Å². The first kappa shape index (κ1) is 42.5. The van der Waals surface area contributed by atoms with E-state index in [1.165, 1.54) is 28.8 Å². The minimum absolute atomic E-state index is 0.0255. The number of ether oxygens (including phenoxy) is 2. The van der Waals surface area contributed by atoms with E-state index in [9.17, 15) is 23.3 Å². The zero-order chi connectivity index (χ0) is 43.9. The Morgan fingerprint density at radius 2 is 1.87 bits per heavy atom. The number of nitro benzene ring substituents is 1. The predicted molar refractivity (Wildman–Crippen MR) is 241 cm³/mol. The summed E-state index contributed by atoms with van der Waals surface area (Å²) in [6.07, 6.45) is 6.24. The van der Waals surface area contributed by atoms with Crippen LogP contribution in [0.4, 0.5) is 11.4 Å². The van der Waals surface area contributed by atoms with Gasteiger partial charge in [-0.05, 0) is 90.4 Å². The number of anilines is 1. The van der Waals surface area contributed by atoms with Crippen LogP contribution < -0.4 is 19.7 Å². The van der Waals surface area contributed by atoms with Crippen LogP contribution in [-0.2, 0) is 14.8 Å². The number of rotatable bonds is 12. The number of hydrogen-bond donors (Lipinski definition) is 3. The quantitative estimate of drug-likeness (QED) is 0.0869. The van der Waals surface area contributed by atoms with Crippen molar-refractivity contribution in [2.45, 2.75) is 44.1 Å². The minimum atomic E-state index is -4.61. The second-order valence-electron chi connectivity index (χ2n) is 17.1. The lowest BCUT2D eigenvalue weighted by molar-refractivity contribution is -0.386. The fourth-order valence-electron chi connectivity index (χ4n) is 8.67. The molecular formula is C45H48ClN9O7S. The molecule has 328 valence electrons. The highest BCUT2D eigenvalue weighted by molar-refractivity contribution is 7.90. The maximum absolute atomic E-state index is 14.2. The molecule has 1 atom stereocenters. The molecule has 0 saturated carbocycles. The van der Waals surface area contributed by atoms with Crippen molar-refractivity contribution in [2.75, 3.05) is 63.9 Å². The summed E-state index contributed by atoms with van der Waals surface area (Å²) in [4.78, 5) is 37.6. The molecule has 5 heterocycles. The Morgan fingerprint density at radius 3 is 2.63 bits per heavy atom. The van der Waals surface area contributed by atoms with Crippen molar-refractivity contribution < 1.29 is 27.6 Å². The predicted octanol–water partition coefficient (Wildman–Crippen LogP) is 6.74. The normalized spacial score (nSPS) is 18.5. The smallest absolute Gasteiger partial charge is 0.312 e. The largest absolute Gasteiger partial charge is 0.484 e. The van der Waals surface area contributed by atoms with Crippen molar-refractivity contribution in [3.8, 4) is 11.4 Å². The summed E-state index contributed by atoms with van der Waals surface area (Å²) >= 11 is 6.25. The van der Waals surface area contributed by atoms with E-state index in [2.05, 4.69) is 55.9 Å². The molecule has 16 nitrogen and oxygen atoms in total. The van der Waals surface area contributed by atoms with E-state index in [1.54, 1.807) is 23.1 Å². The van der Waals surface area contributed by atoms with Crippen LogP contribution in [0.3, 0.4) is 0 Å². The first-order valence-corrected chi connectivity index (χ1v) is 22.9. The van der Waals surface area contributed by atoms with Crippen molar-refractivity contribution in [3.63, 3.8) is 0 Å². The number of aromatic nitrogens is 4. The molecule has 6 aromatic rings. The van der Waals surface area contributed by atoms with Gasteiger partial charge in [-0.15, -0.1) is 0 Å². The van der Waals surface area contributed by atoms with Gasteiger partial charge in [0.1, 0.15) is 23.9 Å². The van der Waals surface area contributed by atoms with Crippen LogP contribution in [0.2, 0.25) is 5.02 Å². The SMILES string of the molecule is CC1(C)CCC(CN2CCN(c3ccc(C(=O)NS(=O)(=O)c4ccc(OC[C@H]5CNCCO5)c([N+](=O)[O-])c4)c(-n4ncc5nc6[nH]ccc6cc54)c3)CC2)=C(c2ccc(Cl)cc2)C1. The third-order valence-electron chi connectivity index (χ3n) is 12.1. The molecule has 0 radical (unpaired) electrons. The Kier molecular flexibility index (Phi) is 11.7.